The quantitative estimate of drug-likeness (QED) is 0.509. The van der Waals surface area contributed by atoms with E-state index in [1.165, 1.54) is 6.20 Å². The zero-order valence-corrected chi connectivity index (χ0v) is 12.1. The minimum atomic E-state index is -0.442. The number of imidazole rings is 2. The van der Waals surface area contributed by atoms with Gasteiger partial charge in [0.25, 0.3) is 0 Å². The van der Waals surface area contributed by atoms with Gasteiger partial charge in [0.1, 0.15) is 18.4 Å². The molecule has 10 nitrogen and oxygen atoms in total. The summed E-state index contributed by atoms with van der Waals surface area (Å²) in [4.78, 5) is 18.5. The number of hydrogen-bond donors (Lipinski definition) is 0. The average Bonchev–Trinajstić information content (AvgIpc) is 3.16. The molecule has 0 N–H and O–H groups in total. The molecule has 114 valence electrons. The standard InChI is InChI=1S/C12H14N8O2/c1-9-14-6-12(20(21)22)19(9)4-3-18-7-10(15-16-18)11-5-13-8-17(11)2/h5-8H,3-4H2,1-2H3. The van der Waals surface area contributed by atoms with E-state index < -0.39 is 4.92 Å². The van der Waals surface area contributed by atoms with Crippen molar-refractivity contribution in [2.45, 2.75) is 20.0 Å². The highest BCUT2D eigenvalue weighted by atomic mass is 16.6. The lowest BCUT2D eigenvalue weighted by Crippen LogP contribution is -2.11. The molecule has 3 heterocycles. The summed E-state index contributed by atoms with van der Waals surface area (Å²) in [6.45, 7) is 2.59. The monoisotopic (exact) mass is 302 g/mol. The summed E-state index contributed by atoms with van der Waals surface area (Å²) < 4.78 is 5.04. The minimum Gasteiger partial charge on any atom is -0.358 e. The van der Waals surface area contributed by atoms with E-state index in [1.807, 2.05) is 11.6 Å². The van der Waals surface area contributed by atoms with Gasteiger partial charge in [-0.15, -0.1) is 5.10 Å². The van der Waals surface area contributed by atoms with Crippen molar-refractivity contribution in [2.75, 3.05) is 0 Å². The highest BCUT2D eigenvalue weighted by molar-refractivity contribution is 5.51. The van der Waals surface area contributed by atoms with Crippen molar-refractivity contribution in [1.29, 1.82) is 0 Å². The molecule has 3 aromatic rings. The maximum atomic E-state index is 10.9. The molecule has 10 heteroatoms. The molecule has 3 rings (SSSR count). The SMILES string of the molecule is Cc1ncc([N+](=O)[O-])n1CCn1cc(-c2cncn2C)nn1. The van der Waals surface area contributed by atoms with E-state index in [1.54, 1.807) is 34.9 Å². The van der Waals surface area contributed by atoms with Gasteiger partial charge in [0, 0.05) is 14.0 Å². The molecular weight excluding hydrogens is 288 g/mol. The van der Waals surface area contributed by atoms with Crippen molar-refractivity contribution in [2.24, 2.45) is 7.05 Å². The predicted octanol–water partition coefficient (Wildman–Crippen LogP) is 0.792. The third kappa shape index (κ3) is 2.45. The summed E-state index contributed by atoms with van der Waals surface area (Å²) in [7, 11) is 1.87. The van der Waals surface area contributed by atoms with Crippen LogP contribution in [0, 0.1) is 17.0 Å². The lowest BCUT2D eigenvalue weighted by atomic mass is 10.3. The first-order chi connectivity index (χ1) is 10.6. The van der Waals surface area contributed by atoms with Crippen molar-refractivity contribution in [3.8, 4) is 11.4 Å². The smallest absolute Gasteiger partial charge is 0.342 e. The highest BCUT2D eigenvalue weighted by Crippen LogP contribution is 2.15. The normalized spacial score (nSPS) is 11.0. The minimum absolute atomic E-state index is 0.0236. The molecule has 0 atom stereocenters. The van der Waals surface area contributed by atoms with Crippen LogP contribution in [0.3, 0.4) is 0 Å². The Morgan fingerprint density at radius 3 is 2.82 bits per heavy atom. The summed E-state index contributed by atoms with van der Waals surface area (Å²) in [5.74, 6) is 0.572. The maximum absolute atomic E-state index is 10.9. The lowest BCUT2D eigenvalue weighted by molar-refractivity contribution is -0.392. The molecule has 0 amide bonds. The molecule has 0 saturated heterocycles. The molecule has 0 bridgehead atoms. The molecule has 0 saturated carbocycles. The van der Waals surface area contributed by atoms with Gasteiger partial charge < -0.3 is 14.7 Å². The van der Waals surface area contributed by atoms with Crippen LogP contribution >= 0.6 is 0 Å². The van der Waals surface area contributed by atoms with Crippen LogP contribution in [0.4, 0.5) is 5.82 Å². The predicted molar refractivity (Wildman–Crippen MR) is 75.8 cm³/mol. The van der Waals surface area contributed by atoms with E-state index in [0.717, 1.165) is 5.69 Å². The number of hydrogen-bond acceptors (Lipinski definition) is 6. The first kappa shape index (κ1) is 13.9. The Morgan fingerprint density at radius 2 is 2.14 bits per heavy atom. The van der Waals surface area contributed by atoms with Crippen molar-refractivity contribution in [1.82, 2.24) is 34.1 Å². The van der Waals surface area contributed by atoms with E-state index in [2.05, 4.69) is 20.3 Å². The van der Waals surface area contributed by atoms with Crippen molar-refractivity contribution < 1.29 is 4.92 Å². The van der Waals surface area contributed by atoms with Gasteiger partial charge in [0.15, 0.2) is 5.82 Å². The summed E-state index contributed by atoms with van der Waals surface area (Å²) >= 11 is 0. The molecular formula is C12H14N8O2. The van der Waals surface area contributed by atoms with Crippen molar-refractivity contribution in [3.63, 3.8) is 0 Å². The highest BCUT2D eigenvalue weighted by Gasteiger charge is 2.17. The van der Waals surface area contributed by atoms with Crippen molar-refractivity contribution in [3.05, 3.63) is 40.9 Å². The second-order valence-electron chi connectivity index (χ2n) is 4.83. The van der Waals surface area contributed by atoms with Gasteiger partial charge >= 0.3 is 5.82 Å². The Morgan fingerprint density at radius 1 is 1.32 bits per heavy atom. The van der Waals surface area contributed by atoms with E-state index in [0.29, 0.717) is 24.6 Å². The molecule has 0 aliphatic heterocycles. The van der Waals surface area contributed by atoms with E-state index in [4.69, 9.17) is 0 Å². The molecule has 0 aliphatic carbocycles. The Bertz CT molecular complexity index is 815. The third-order valence-electron chi connectivity index (χ3n) is 3.39. The van der Waals surface area contributed by atoms with Gasteiger partial charge in [-0.05, 0) is 4.92 Å². The second kappa shape index (κ2) is 5.39. The first-order valence-corrected chi connectivity index (χ1v) is 6.59. The Kier molecular flexibility index (Phi) is 3.41. The molecule has 0 unspecified atom stereocenters. The molecule has 0 fully saturated rings. The van der Waals surface area contributed by atoms with Crippen molar-refractivity contribution >= 4 is 5.82 Å². The number of nitro groups is 1. The maximum Gasteiger partial charge on any atom is 0.342 e. The van der Waals surface area contributed by atoms with Gasteiger partial charge in [0.2, 0.25) is 0 Å². The topological polar surface area (TPSA) is 109 Å². The largest absolute Gasteiger partial charge is 0.358 e. The fourth-order valence-corrected chi connectivity index (χ4v) is 2.21. The Labute approximate surface area is 125 Å². The van der Waals surface area contributed by atoms with E-state index in [-0.39, 0.29) is 5.82 Å². The molecule has 0 radical (unpaired) electrons. The summed E-state index contributed by atoms with van der Waals surface area (Å²) in [5.41, 5.74) is 1.56. The fraction of sp³-hybridized carbons (Fsp3) is 0.333. The van der Waals surface area contributed by atoms with Crippen LogP contribution in [0.5, 0.6) is 0 Å². The van der Waals surface area contributed by atoms with Crippen LogP contribution in [0.25, 0.3) is 11.4 Å². The molecule has 0 aromatic carbocycles. The Hall–Kier alpha value is -3.04. The van der Waals surface area contributed by atoms with Crippen LogP contribution in [0.1, 0.15) is 5.82 Å². The number of rotatable bonds is 5. The second-order valence-corrected chi connectivity index (χ2v) is 4.83. The van der Waals surface area contributed by atoms with Gasteiger partial charge in [-0.3, -0.25) is 0 Å². The zero-order valence-electron chi connectivity index (χ0n) is 12.1. The molecule has 3 aromatic heterocycles. The number of aromatic nitrogens is 7. The van der Waals surface area contributed by atoms with Crippen LogP contribution in [-0.4, -0.2) is 39.0 Å². The number of aryl methyl sites for hydroxylation is 3. The van der Waals surface area contributed by atoms with Gasteiger partial charge in [-0.1, -0.05) is 5.21 Å². The summed E-state index contributed by atoms with van der Waals surface area (Å²) in [6.07, 6.45) is 6.44. The fourth-order valence-electron chi connectivity index (χ4n) is 2.21. The molecule has 0 aliphatic rings. The van der Waals surface area contributed by atoms with Gasteiger partial charge in [-0.2, -0.15) is 0 Å². The van der Waals surface area contributed by atoms with Crippen LogP contribution in [-0.2, 0) is 20.1 Å². The van der Waals surface area contributed by atoms with Gasteiger partial charge in [0.05, 0.1) is 31.0 Å². The van der Waals surface area contributed by atoms with Crippen LogP contribution in [0.15, 0.2) is 24.9 Å². The lowest BCUT2D eigenvalue weighted by Gasteiger charge is -2.02. The molecule has 0 spiro atoms. The number of nitrogens with zero attached hydrogens (tertiary/aromatic N) is 8. The first-order valence-electron chi connectivity index (χ1n) is 6.59. The summed E-state index contributed by atoms with van der Waals surface area (Å²) in [6, 6.07) is 0. The summed E-state index contributed by atoms with van der Waals surface area (Å²) in [5, 5.41) is 19.1. The average molecular weight is 302 g/mol. The van der Waals surface area contributed by atoms with Crippen LogP contribution < -0.4 is 0 Å². The Balaban J connectivity index is 1.76. The molecule has 22 heavy (non-hydrogen) atoms. The third-order valence-corrected chi connectivity index (χ3v) is 3.39. The van der Waals surface area contributed by atoms with Crippen LogP contribution in [0.2, 0.25) is 0 Å². The van der Waals surface area contributed by atoms with E-state index >= 15 is 0 Å². The zero-order chi connectivity index (χ0) is 15.7. The van der Waals surface area contributed by atoms with Gasteiger partial charge in [-0.25, -0.2) is 19.2 Å². The van der Waals surface area contributed by atoms with E-state index in [9.17, 15) is 10.1 Å².